The van der Waals surface area contributed by atoms with Gasteiger partial charge in [0.1, 0.15) is 11.3 Å². The molecule has 1 rings (SSSR count). The van der Waals surface area contributed by atoms with Crippen LogP contribution in [0.1, 0.15) is 20.8 Å². The summed E-state index contributed by atoms with van der Waals surface area (Å²) in [5.74, 6) is -0.0913. The lowest BCUT2D eigenvalue weighted by Gasteiger charge is -2.27. The highest BCUT2D eigenvalue weighted by atomic mass is 35.5. The number of quaternary nitrogens is 1. The van der Waals surface area contributed by atoms with E-state index in [1.807, 2.05) is 13.8 Å². The zero-order valence-corrected chi connectivity index (χ0v) is 16.5. The van der Waals surface area contributed by atoms with E-state index in [4.69, 9.17) is 16.3 Å². The Kier molecular flexibility index (Phi) is 7.87. The number of methoxy groups -OCH3 is 1. The number of likely N-dealkylation sites (N-methyl/N-ethyl adjacent to an activating group) is 1. The van der Waals surface area contributed by atoms with E-state index in [0.717, 1.165) is 0 Å². The summed E-state index contributed by atoms with van der Waals surface area (Å²) in [6.45, 7) is 5.57. The van der Waals surface area contributed by atoms with Gasteiger partial charge in [-0.3, -0.25) is 9.59 Å². The Morgan fingerprint density at radius 1 is 1.35 bits per heavy atom. The van der Waals surface area contributed by atoms with E-state index in [9.17, 15) is 14.9 Å². The summed E-state index contributed by atoms with van der Waals surface area (Å²) in [4.78, 5) is 25.1. The van der Waals surface area contributed by atoms with Gasteiger partial charge in [-0.1, -0.05) is 25.4 Å². The Bertz CT molecular complexity index is 702. The number of benzene rings is 1. The van der Waals surface area contributed by atoms with Gasteiger partial charge in [-0.25, -0.2) is 0 Å². The molecule has 0 aliphatic carbocycles. The summed E-state index contributed by atoms with van der Waals surface area (Å²) in [5.41, 5.74) is -0.465. The molecule has 0 aromatic heterocycles. The molecule has 0 aliphatic rings. The molecule has 0 aliphatic heterocycles. The zero-order valence-electron chi connectivity index (χ0n) is 15.8. The van der Waals surface area contributed by atoms with Crippen LogP contribution in [0.2, 0.25) is 5.02 Å². The lowest BCUT2D eigenvalue weighted by atomic mass is 9.90. The highest BCUT2D eigenvalue weighted by molar-refractivity contribution is 6.31. The van der Waals surface area contributed by atoms with Crippen LogP contribution in [0.4, 0.5) is 5.69 Å². The predicted molar refractivity (Wildman–Crippen MR) is 100 cm³/mol. The number of anilines is 1. The number of ether oxygens (including phenoxy) is 1. The molecule has 0 saturated heterocycles. The number of halogens is 1. The van der Waals surface area contributed by atoms with Crippen molar-refractivity contribution in [3.63, 3.8) is 0 Å². The van der Waals surface area contributed by atoms with Crippen molar-refractivity contribution in [2.45, 2.75) is 26.3 Å². The fourth-order valence-corrected chi connectivity index (χ4v) is 2.39. The fraction of sp³-hybridized carbons (Fsp3) is 0.500. The molecular weight excluding hydrogens is 356 g/mol. The quantitative estimate of drug-likeness (QED) is 0.622. The van der Waals surface area contributed by atoms with Crippen molar-refractivity contribution in [2.75, 3.05) is 32.6 Å². The van der Waals surface area contributed by atoms with Crippen LogP contribution in [-0.4, -0.2) is 44.6 Å². The van der Waals surface area contributed by atoms with E-state index < -0.39 is 5.54 Å². The molecule has 0 saturated carbocycles. The van der Waals surface area contributed by atoms with Gasteiger partial charge >= 0.3 is 0 Å². The van der Waals surface area contributed by atoms with Gasteiger partial charge in [0.25, 0.3) is 11.8 Å². The maximum absolute atomic E-state index is 12.2. The summed E-state index contributed by atoms with van der Waals surface area (Å²) in [6, 6.07) is 7.05. The first-order valence-electron chi connectivity index (χ1n) is 8.28. The molecule has 0 spiro atoms. The normalized spacial score (nSPS) is 14.1. The van der Waals surface area contributed by atoms with Crippen LogP contribution in [0, 0.1) is 17.2 Å². The van der Waals surface area contributed by atoms with E-state index in [2.05, 4.69) is 16.7 Å². The SMILES string of the molecule is COc1ccc(Cl)cc1NC(=O)C[NH+](C)CC(=O)N[C@@](C)(C#N)C(C)C. The third kappa shape index (κ3) is 6.21. The van der Waals surface area contributed by atoms with Crippen LogP contribution in [0.25, 0.3) is 0 Å². The molecule has 0 radical (unpaired) electrons. The molecule has 7 nitrogen and oxygen atoms in total. The van der Waals surface area contributed by atoms with Crippen molar-refractivity contribution in [1.29, 1.82) is 5.26 Å². The summed E-state index contributed by atoms with van der Waals surface area (Å²) in [6.07, 6.45) is 0. The standard InChI is InChI=1S/C18H25ClN4O3/c1-12(2)18(3,11-20)22-17(25)10-23(4)9-16(24)21-14-8-13(19)6-7-15(14)26-5/h6-8,12H,9-10H2,1-5H3,(H,21,24)(H,22,25)/p+1/t18-/m0/s1. The number of hydrogen-bond donors (Lipinski definition) is 3. The minimum absolute atomic E-state index is 0.0321. The Labute approximate surface area is 159 Å². The van der Waals surface area contributed by atoms with Crippen LogP contribution < -0.4 is 20.3 Å². The predicted octanol–water partition coefficient (Wildman–Crippen LogP) is 0.856. The highest BCUT2D eigenvalue weighted by Crippen LogP contribution is 2.27. The van der Waals surface area contributed by atoms with Crippen LogP contribution >= 0.6 is 11.6 Å². The Hall–Kier alpha value is -2.30. The molecule has 1 unspecified atom stereocenters. The fourth-order valence-electron chi connectivity index (χ4n) is 2.22. The number of rotatable bonds is 8. The van der Waals surface area contributed by atoms with Crippen LogP contribution in [0.15, 0.2) is 18.2 Å². The van der Waals surface area contributed by atoms with Crippen LogP contribution in [0.3, 0.4) is 0 Å². The van der Waals surface area contributed by atoms with E-state index in [1.54, 1.807) is 32.2 Å². The number of carbonyl (C=O) groups is 2. The maximum Gasteiger partial charge on any atom is 0.279 e. The summed E-state index contributed by atoms with van der Waals surface area (Å²) >= 11 is 5.94. The molecule has 3 N–H and O–H groups in total. The Morgan fingerprint density at radius 2 is 1.96 bits per heavy atom. The molecule has 0 fully saturated rings. The van der Waals surface area contributed by atoms with Gasteiger partial charge in [0.15, 0.2) is 13.1 Å². The molecule has 142 valence electrons. The number of hydrogen-bond acceptors (Lipinski definition) is 4. The molecule has 0 heterocycles. The van der Waals surface area contributed by atoms with Crippen molar-refractivity contribution in [3.05, 3.63) is 23.2 Å². The van der Waals surface area contributed by atoms with Crippen LogP contribution in [-0.2, 0) is 9.59 Å². The van der Waals surface area contributed by atoms with Gasteiger partial charge in [-0.05, 0) is 31.0 Å². The van der Waals surface area contributed by atoms with Gasteiger partial charge in [0, 0.05) is 5.02 Å². The van der Waals surface area contributed by atoms with Crippen molar-refractivity contribution < 1.29 is 19.2 Å². The lowest BCUT2D eigenvalue weighted by molar-refractivity contribution is -0.862. The minimum Gasteiger partial charge on any atom is -0.495 e. The molecule has 2 amide bonds. The van der Waals surface area contributed by atoms with Gasteiger partial charge in [-0.2, -0.15) is 5.26 Å². The van der Waals surface area contributed by atoms with Crippen molar-refractivity contribution in [1.82, 2.24) is 5.32 Å². The van der Waals surface area contributed by atoms with E-state index in [1.165, 1.54) is 7.11 Å². The lowest BCUT2D eigenvalue weighted by Crippen LogP contribution is -3.11. The first-order chi connectivity index (χ1) is 12.1. The number of nitriles is 1. The average molecular weight is 382 g/mol. The zero-order chi connectivity index (χ0) is 19.9. The summed E-state index contributed by atoms with van der Waals surface area (Å²) in [7, 11) is 3.23. The highest BCUT2D eigenvalue weighted by Gasteiger charge is 2.31. The second-order valence-electron chi connectivity index (χ2n) is 6.72. The third-order valence-electron chi connectivity index (χ3n) is 4.15. The van der Waals surface area contributed by atoms with E-state index in [0.29, 0.717) is 21.4 Å². The monoisotopic (exact) mass is 381 g/mol. The Morgan fingerprint density at radius 3 is 2.50 bits per heavy atom. The van der Waals surface area contributed by atoms with Gasteiger partial charge < -0.3 is 20.3 Å². The molecule has 8 heteroatoms. The number of nitrogens with one attached hydrogen (secondary N) is 3. The summed E-state index contributed by atoms with van der Waals surface area (Å²) in [5, 5.41) is 15.2. The number of amides is 2. The minimum atomic E-state index is -0.937. The molecule has 1 aromatic rings. The van der Waals surface area contributed by atoms with Gasteiger partial charge in [0.2, 0.25) is 0 Å². The Balaban J connectivity index is 2.61. The third-order valence-corrected chi connectivity index (χ3v) is 4.38. The molecule has 1 aromatic carbocycles. The molecular formula is C18H26ClN4O3+. The first kappa shape index (κ1) is 21.7. The first-order valence-corrected chi connectivity index (χ1v) is 8.66. The molecule has 26 heavy (non-hydrogen) atoms. The second-order valence-corrected chi connectivity index (χ2v) is 7.16. The summed E-state index contributed by atoms with van der Waals surface area (Å²) < 4.78 is 5.19. The molecule has 2 atom stereocenters. The number of carbonyl (C=O) groups excluding carboxylic acids is 2. The largest absolute Gasteiger partial charge is 0.495 e. The topological polar surface area (TPSA) is 95.7 Å². The second kappa shape index (κ2) is 9.41. The van der Waals surface area contributed by atoms with Crippen molar-refractivity contribution in [3.8, 4) is 11.8 Å². The maximum atomic E-state index is 12.2. The van der Waals surface area contributed by atoms with Gasteiger partial charge in [-0.15, -0.1) is 0 Å². The molecule has 0 bridgehead atoms. The van der Waals surface area contributed by atoms with Crippen molar-refractivity contribution >= 4 is 29.1 Å². The smallest absolute Gasteiger partial charge is 0.279 e. The average Bonchev–Trinajstić information content (AvgIpc) is 2.54. The van der Waals surface area contributed by atoms with E-state index in [-0.39, 0.29) is 30.8 Å². The van der Waals surface area contributed by atoms with Crippen molar-refractivity contribution in [2.24, 2.45) is 5.92 Å². The number of nitrogens with zero attached hydrogens (tertiary/aromatic N) is 1. The van der Waals surface area contributed by atoms with Crippen LogP contribution in [0.5, 0.6) is 5.75 Å². The van der Waals surface area contributed by atoms with E-state index >= 15 is 0 Å². The van der Waals surface area contributed by atoms with Gasteiger partial charge in [0.05, 0.1) is 25.9 Å².